The van der Waals surface area contributed by atoms with Crippen molar-refractivity contribution in [3.8, 4) is 0 Å². The Kier molecular flexibility index (Phi) is 7.09. The zero-order chi connectivity index (χ0) is 20.7. The third-order valence-corrected chi connectivity index (χ3v) is 4.15. The molecule has 0 aliphatic heterocycles. The molecule has 0 saturated carbocycles. The van der Waals surface area contributed by atoms with Crippen LogP contribution >= 0.6 is 0 Å². The third kappa shape index (κ3) is 6.09. The molecule has 0 radical (unpaired) electrons. The molecular weight excluding hydrogens is 354 g/mol. The van der Waals surface area contributed by atoms with Crippen LogP contribution in [-0.4, -0.2) is 36.2 Å². The van der Waals surface area contributed by atoms with E-state index >= 15 is 0 Å². The maximum Gasteiger partial charge on any atom is 0.246 e. The van der Waals surface area contributed by atoms with Gasteiger partial charge in [0.15, 0.2) is 0 Å². The molecular formula is C22H25N3O3. The van der Waals surface area contributed by atoms with Crippen LogP contribution in [-0.2, 0) is 14.4 Å². The predicted molar refractivity (Wildman–Crippen MR) is 112 cm³/mol. The predicted octanol–water partition coefficient (Wildman–Crippen LogP) is 3.37. The molecule has 0 aliphatic rings. The molecule has 0 aliphatic carbocycles. The Labute approximate surface area is 165 Å². The number of rotatable bonds is 6. The molecule has 3 amide bonds. The monoisotopic (exact) mass is 379 g/mol. The maximum absolute atomic E-state index is 12.3. The van der Waals surface area contributed by atoms with Crippen LogP contribution in [0.4, 0.5) is 11.4 Å². The molecule has 0 aromatic heterocycles. The Balaban J connectivity index is 1.92. The average Bonchev–Trinajstić information content (AvgIpc) is 2.63. The topological polar surface area (TPSA) is 78.5 Å². The van der Waals surface area contributed by atoms with Crippen molar-refractivity contribution in [3.05, 3.63) is 65.2 Å². The van der Waals surface area contributed by atoms with E-state index in [0.29, 0.717) is 5.69 Å². The second-order valence-electron chi connectivity index (χ2n) is 6.65. The van der Waals surface area contributed by atoms with Crippen molar-refractivity contribution in [2.75, 3.05) is 24.2 Å². The smallest absolute Gasteiger partial charge is 0.246 e. The minimum absolute atomic E-state index is 0.0432. The summed E-state index contributed by atoms with van der Waals surface area (Å²) in [6, 6.07) is 12.9. The van der Waals surface area contributed by atoms with E-state index in [1.54, 1.807) is 37.4 Å². The normalized spacial score (nSPS) is 10.6. The first kappa shape index (κ1) is 20.9. The number of anilines is 2. The molecule has 0 fully saturated rings. The molecule has 0 unspecified atom stereocenters. The molecule has 6 nitrogen and oxygen atoms in total. The molecule has 0 bridgehead atoms. The van der Waals surface area contributed by atoms with Crippen LogP contribution in [0, 0.1) is 13.8 Å². The van der Waals surface area contributed by atoms with E-state index in [2.05, 4.69) is 10.6 Å². The average molecular weight is 379 g/mol. The van der Waals surface area contributed by atoms with Crippen LogP contribution < -0.4 is 10.6 Å². The molecule has 0 heterocycles. The van der Waals surface area contributed by atoms with Gasteiger partial charge in [-0.05, 0) is 48.7 Å². The largest absolute Gasteiger partial charge is 0.333 e. The van der Waals surface area contributed by atoms with Gasteiger partial charge < -0.3 is 15.5 Å². The van der Waals surface area contributed by atoms with Gasteiger partial charge in [-0.1, -0.05) is 30.3 Å². The molecule has 28 heavy (non-hydrogen) atoms. The first-order valence-corrected chi connectivity index (χ1v) is 8.93. The number of carbonyl (C=O) groups excluding carboxylic acids is 3. The zero-order valence-corrected chi connectivity index (χ0v) is 16.6. The lowest BCUT2D eigenvalue weighted by molar-refractivity contribution is -0.129. The Morgan fingerprint density at radius 1 is 0.964 bits per heavy atom. The Hall–Kier alpha value is -3.41. The molecule has 0 saturated heterocycles. The van der Waals surface area contributed by atoms with Crippen molar-refractivity contribution >= 4 is 35.2 Å². The van der Waals surface area contributed by atoms with E-state index in [1.807, 2.05) is 32.0 Å². The van der Waals surface area contributed by atoms with Gasteiger partial charge >= 0.3 is 0 Å². The fourth-order valence-electron chi connectivity index (χ4n) is 2.66. The van der Waals surface area contributed by atoms with Gasteiger partial charge in [0.1, 0.15) is 0 Å². The van der Waals surface area contributed by atoms with Gasteiger partial charge in [-0.3, -0.25) is 14.4 Å². The van der Waals surface area contributed by atoms with E-state index in [1.165, 1.54) is 17.9 Å². The van der Waals surface area contributed by atoms with Crippen molar-refractivity contribution in [2.45, 2.75) is 20.8 Å². The van der Waals surface area contributed by atoms with Crippen molar-refractivity contribution < 1.29 is 14.4 Å². The van der Waals surface area contributed by atoms with Crippen molar-refractivity contribution in [2.24, 2.45) is 0 Å². The highest BCUT2D eigenvalue weighted by Gasteiger charge is 2.12. The highest BCUT2D eigenvalue weighted by atomic mass is 16.2. The number of hydrogen-bond acceptors (Lipinski definition) is 3. The fraction of sp³-hybridized carbons (Fsp3) is 0.227. The van der Waals surface area contributed by atoms with Gasteiger partial charge in [0.05, 0.1) is 6.54 Å². The van der Waals surface area contributed by atoms with Crippen molar-refractivity contribution in [1.29, 1.82) is 0 Å². The lowest BCUT2D eigenvalue weighted by atomic mass is 10.1. The standard InChI is InChI=1S/C22H25N3O3/c1-15-6-5-7-16(2)22(15)24-20(27)14-25(4)21(28)13-10-18-8-11-19(12-9-18)23-17(3)26/h5-13H,14H2,1-4H3,(H,23,26)(H,24,27)/b13-10+. The number of nitrogens with one attached hydrogen (secondary N) is 2. The van der Waals surface area contributed by atoms with E-state index < -0.39 is 0 Å². The number of nitrogens with zero attached hydrogens (tertiary/aromatic N) is 1. The van der Waals surface area contributed by atoms with Gasteiger partial charge in [-0.2, -0.15) is 0 Å². The lowest BCUT2D eigenvalue weighted by Crippen LogP contribution is -2.34. The van der Waals surface area contributed by atoms with Crippen LogP contribution in [0.3, 0.4) is 0 Å². The summed E-state index contributed by atoms with van der Waals surface area (Å²) in [5.41, 5.74) is 4.24. The number of aryl methyl sites for hydroxylation is 2. The number of likely N-dealkylation sites (N-methyl/N-ethyl adjacent to an activating group) is 1. The highest BCUT2D eigenvalue weighted by Crippen LogP contribution is 2.19. The molecule has 2 N–H and O–H groups in total. The van der Waals surface area contributed by atoms with Crippen LogP contribution in [0.15, 0.2) is 48.5 Å². The molecule has 6 heteroatoms. The number of benzene rings is 2. The Morgan fingerprint density at radius 2 is 1.57 bits per heavy atom. The minimum Gasteiger partial charge on any atom is -0.333 e. The number of carbonyl (C=O) groups is 3. The Morgan fingerprint density at radius 3 is 2.14 bits per heavy atom. The number of amides is 3. The van der Waals surface area contributed by atoms with Crippen LogP contribution in [0.25, 0.3) is 6.08 Å². The lowest BCUT2D eigenvalue weighted by Gasteiger charge is -2.16. The summed E-state index contributed by atoms with van der Waals surface area (Å²) in [5.74, 6) is -0.664. The summed E-state index contributed by atoms with van der Waals surface area (Å²) < 4.78 is 0. The second kappa shape index (κ2) is 9.50. The van der Waals surface area contributed by atoms with Gasteiger partial charge in [0.2, 0.25) is 17.7 Å². The third-order valence-electron chi connectivity index (χ3n) is 4.15. The summed E-state index contributed by atoms with van der Waals surface area (Å²) in [6.45, 7) is 5.26. The van der Waals surface area contributed by atoms with Gasteiger partial charge in [0.25, 0.3) is 0 Å². The van der Waals surface area contributed by atoms with Gasteiger partial charge in [0, 0.05) is 31.4 Å². The molecule has 146 valence electrons. The van der Waals surface area contributed by atoms with E-state index in [-0.39, 0.29) is 24.3 Å². The first-order chi connectivity index (χ1) is 13.3. The molecule has 0 atom stereocenters. The minimum atomic E-state index is -0.275. The van der Waals surface area contributed by atoms with E-state index in [4.69, 9.17) is 0 Å². The quantitative estimate of drug-likeness (QED) is 0.756. The van der Waals surface area contributed by atoms with Crippen molar-refractivity contribution in [3.63, 3.8) is 0 Å². The summed E-state index contributed by atoms with van der Waals surface area (Å²) in [4.78, 5) is 36.9. The Bertz CT molecular complexity index is 881. The SMILES string of the molecule is CC(=O)Nc1ccc(/C=C/C(=O)N(C)CC(=O)Nc2c(C)cccc2C)cc1. The van der Waals surface area contributed by atoms with Gasteiger partial charge in [-0.15, -0.1) is 0 Å². The van der Waals surface area contributed by atoms with Crippen molar-refractivity contribution in [1.82, 2.24) is 4.90 Å². The first-order valence-electron chi connectivity index (χ1n) is 8.93. The summed E-state index contributed by atoms with van der Waals surface area (Å²) in [7, 11) is 1.58. The van der Waals surface area contributed by atoms with E-state index in [9.17, 15) is 14.4 Å². The fourth-order valence-corrected chi connectivity index (χ4v) is 2.66. The number of hydrogen-bond donors (Lipinski definition) is 2. The summed E-state index contributed by atoms with van der Waals surface area (Å²) >= 11 is 0. The number of para-hydroxylation sites is 1. The van der Waals surface area contributed by atoms with Crippen LogP contribution in [0.1, 0.15) is 23.6 Å². The maximum atomic E-state index is 12.3. The summed E-state index contributed by atoms with van der Waals surface area (Å²) in [5, 5.41) is 5.55. The molecule has 2 aromatic carbocycles. The van der Waals surface area contributed by atoms with Gasteiger partial charge in [-0.25, -0.2) is 0 Å². The summed E-state index contributed by atoms with van der Waals surface area (Å²) in [6.07, 6.45) is 3.08. The highest BCUT2D eigenvalue weighted by molar-refractivity contribution is 5.98. The zero-order valence-electron chi connectivity index (χ0n) is 16.6. The van der Waals surface area contributed by atoms with Crippen LogP contribution in [0.5, 0.6) is 0 Å². The molecule has 2 aromatic rings. The second-order valence-corrected chi connectivity index (χ2v) is 6.65. The molecule has 0 spiro atoms. The van der Waals surface area contributed by atoms with E-state index in [0.717, 1.165) is 22.4 Å². The molecule has 2 rings (SSSR count). The van der Waals surface area contributed by atoms with Crippen LogP contribution in [0.2, 0.25) is 0 Å².